The maximum atomic E-state index is 12.8. The van der Waals surface area contributed by atoms with Gasteiger partial charge in [0.2, 0.25) is 0 Å². The number of hydrogen-bond acceptors (Lipinski definition) is 5. The van der Waals surface area contributed by atoms with Gasteiger partial charge in [-0.05, 0) is 29.3 Å². The van der Waals surface area contributed by atoms with Crippen LogP contribution in [0.5, 0.6) is 0 Å². The Bertz CT molecular complexity index is 1080. The van der Waals surface area contributed by atoms with Gasteiger partial charge in [-0.25, -0.2) is 4.98 Å². The second-order valence-corrected chi connectivity index (χ2v) is 7.74. The number of aromatic nitrogens is 2. The van der Waals surface area contributed by atoms with Crippen molar-refractivity contribution in [3.05, 3.63) is 70.1 Å². The van der Waals surface area contributed by atoms with Crippen molar-refractivity contribution in [3.8, 4) is 0 Å². The van der Waals surface area contributed by atoms with Gasteiger partial charge in [0.25, 0.3) is 11.5 Å². The maximum absolute atomic E-state index is 12.8. The van der Waals surface area contributed by atoms with Gasteiger partial charge in [0.15, 0.2) is 5.16 Å². The third kappa shape index (κ3) is 3.36. The van der Waals surface area contributed by atoms with Crippen molar-refractivity contribution in [1.29, 1.82) is 0 Å². The predicted molar refractivity (Wildman–Crippen MR) is 107 cm³/mol. The van der Waals surface area contributed by atoms with Crippen LogP contribution < -0.4 is 16.6 Å². The third-order valence-corrected chi connectivity index (χ3v) is 5.72. The van der Waals surface area contributed by atoms with Crippen molar-refractivity contribution >= 4 is 28.4 Å². The van der Waals surface area contributed by atoms with Crippen molar-refractivity contribution in [3.63, 3.8) is 0 Å². The van der Waals surface area contributed by atoms with Crippen molar-refractivity contribution < 1.29 is 4.79 Å². The molecular formula is C20H20N4O2S. The lowest BCUT2D eigenvalue weighted by atomic mass is 9.97. The minimum atomic E-state index is -0.449. The summed E-state index contributed by atoms with van der Waals surface area (Å²) in [5.74, 6) is 0.350. The van der Waals surface area contributed by atoms with E-state index in [1.165, 1.54) is 18.0 Å². The molecular weight excluding hydrogens is 360 g/mol. The van der Waals surface area contributed by atoms with Gasteiger partial charge in [0.1, 0.15) is 5.56 Å². The normalized spacial score (nSPS) is 15.3. The number of amides is 1. The van der Waals surface area contributed by atoms with Crippen LogP contribution in [-0.2, 0) is 6.54 Å². The Morgan fingerprint density at radius 3 is 2.81 bits per heavy atom. The maximum Gasteiger partial charge on any atom is 0.267 e. The van der Waals surface area contributed by atoms with E-state index in [-0.39, 0.29) is 17.2 Å². The van der Waals surface area contributed by atoms with Crippen LogP contribution in [0.15, 0.2) is 58.6 Å². The lowest BCUT2D eigenvalue weighted by molar-refractivity contribution is 0.0928. The molecule has 0 radical (unpaired) electrons. The molecule has 7 heteroatoms. The summed E-state index contributed by atoms with van der Waals surface area (Å²) in [7, 11) is 0. The summed E-state index contributed by atoms with van der Waals surface area (Å²) in [5.41, 5.74) is 6.80. The molecule has 2 atom stereocenters. The molecule has 0 aliphatic carbocycles. The van der Waals surface area contributed by atoms with E-state index in [1.54, 1.807) is 4.57 Å². The first-order valence-corrected chi connectivity index (χ1v) is 9.81. The molecule has 138 valence electrons. The summed E-state index contributed by atoms with van der Waals surface area (Å²) in [4.78, 5) is 29.6. The Balaban J connectivity index is 1.65. The number of nitrogens with two attached hydrogens (primary N) is 1. The van der Waals surface area contributed by atoms with Crippen LogP contribution in [0, 0.1) is 0 Å². The van der Waals surface area contributed by atoms with Crippen LogP contribution in [0.1, 0.15) is 28.9 Å². The molecule has 6 nitrogen and oxygen atoms in total. The average molecular weight is 380 g/mol. The zero-order valence-corrected chi connectivity index (χ0v) is 15.7. The molecule has 0 spiro atoms. The Morgan fingerprint density at radius 2 is 2.04 bits per heavy atom. The summed E-state index contributed by atoms with van der Waals surface area (Å²) in [6, 6.07) is 13.3. The van der Waals surface area contributed by atoms with Crippen molar-refractivity contribution in [1.82, 2.24) is 14.9 Å². The largest absolute Gasteiger partial charge is 0.343 e. The first-order chi connectivity index (χ1) is 13.0. The summed E-state index contributed by atoms with van der Waals surface area (Å²) in [6.07, 6.45) is 1.36. The van der Waals surface area contributed by atoms with Gasteiger partial charge >= 0.3 is 0 Å². The van der Waals surface area contributed by atoms with E-state index in [1.807, 2.05) is 49.4 Å². The van der Waals surface area contributed by atoms with E-state index in [9.17, 15) is 9.59 Å². The monoisotopic (exact) mass is 380 g/mol. The van der Waals surface area contributed by atoms with Crippen LogP contribution in [-0.4, -0.2) is 27.3 Å². The second kappa shape index (κ2) is 7.17. The topological polar surface area (TPSA) is 90.0 Å². The van der Waals surface area contributed by atoms with E-state index >= 15 is 0 Å². The number of carbonyl (C=O) groups excluding carboxylic acids is 1. The minimum absolute atomic E-state index is 0.0488. The number of carbonyl (C=O) groups is 1. The van der Waals surface area contributed by atoms with E-state index in [0.29, 0.717) is 11.7 Å². The van der Waals surface area contributed by atoms with Crippen LogP contribution in [0.4, 0.5) is 0 Å². The molecule has 4 rings (SSSR count). The van der Waals surface area contributed by atoms with E-state index in [4.69, 9.17) is 5.73 Å². The molecule has 1 aliphatic rings. The van der Waals surface area contributed by atoms with Gasteiger partial charge in [0, 0.05) is 24.5 Å². The fourth-order valence-corrected chi connectivity index (χ4v) is 4.23. The quantitative estimate of drug-likeness (QED) is 0.678. The molecule has 0 saturated heterocycles. The zero-order chi connectivity index (χ0) is 19.0. The van der Waals surface area contributed by atoms with Crippen molar-refractivity contribution in [2.45, 2.75) is 30.7 Å². The first-order valence-electron chi connectivity index (χ1n) is 8.82. The van der Waals surface area contributed by atoms with Crippen molar-refractivity contribution in [2.75, 3.05) is 5.75 Å². The highest BCUT2D eigenvalue weighted by Gasteiger charge is 2.24. The molecule has 3 aromatic rings. The summed E-state index contributed by atoms with van der Waals surface area (Å²) < 4.78 is 1.55. The molecule has 27 heavy (non-hydrogen) atoms. The zero-order valence-electron chi connectivity index (χ0n) is 14.9. The van der Waals surface area contributed by atoms with Gasteiger partial charge in [-0.3, -0.25) is 14.2 Å². The van der Waals surface area contributed by atoms with Crippen molar-refractivity contribution in [2.24, 2.45) is 5.73 Å². The third-order valence-electron chi connectivity index (χ3n) is 4.75. The summed E-state index contributed by atoms with van der Waals surface area (Å²) in [6.45, 7) is 2.42. The number of benzene rings is 2. The number of thioether (sulfide) groups is 1. The molecule has 1 amide bonds. The Morgan fingerprint density at radius 1 is 1.26 bits per heavy atom. The summed E-state index contributed by atoms with van der Waals surface area (Å²) >= 11 is 1.52. The number of hydrogen-bond donors (Lipinski definition) is 2. The molecule has 0 bridgehead atoms. The first kappa shape index (κ1) is 17.8. The van der Waals surface area contributed by atoms with Crippen LogP contribution in [0.25, 0.3) is 10.8 Å². The second-order valence-electron chi connectivity index (χ2n) is 6.68. The number of fused-ring (bicyclic) bond motifs is 2. The van der Waals surface area contributed by atoms with Gasteiger partial charge in [-0.15, -0.1) is 0 Å². The molecule has 2 unspecified atom stereocenters. The van der Waals surface area contributed by atoms with E-state index in [0.717, 1.165) is 22.1 Å². The predicted octanol–water partition coefficient (Wildman–Crippen LogP) is 2.32. The molecule has 3 N–H and O–H groups in total. The Hall–Kier alpha value is -2.64. The number of rotatable bonds is 4. The van der Waals surface area contributed by atoms with E-state index < -0.39 is 11.9 Å². The van der Waals surface area contributed by atoms with E-state index in [2.05, 4.69) is 10.3 Å². The SMILES string of the molecule is CC(N)C(NC(=O)c1cnc2n(c1=O)CCS2)c1ccc2ccccc2c1. The minimum Gasteiger partial charge on any atom is -0.343 e. The highest BCUT2D eigenvalue weighted by atomic mass is 32.2. The lowest BCUT2D eigenvalue weighted by Crippen LogP contribution is -2.41. The Labute approximate surface area is 160 Å². The molecule has 1 aromatic heterocycles. The van der Waals surface area contributed by atoms with Gasteiger partial charge in [-0.2, -0.15) is 0 Å². The highest BCUT2D eigenvalue weighted by molar-refractivity contribution is 7.99. The fraction of sp³-hybridized carbons (Fsp3) is 0.250. The highest BCUT2D eigenvalue weighted by Crippen LogP contribution is 2.23. The standard InChI is InChI=1S/C20H20N4O2S/c1-12(21)17(15-7-6-13-4-2-3-5-14(13)10-15)23-18(25)16-11-22-20-24(19(16)26)8-9-27-20/h2-7,10-12,17H,8-9,21H2,1H3,(H,23,25). The van der Waals surface area contributed by atoms with Crippen LogP contribution >= 0.6 is 11.8 Å². The van der Waals surface area contributed by atoms with Crippen LogP contribution in [0.3, 0.4) is 0 Å². The molecule has 1 aliphatic heterocycles. The van der Waals surface area contributed by atoms with Gasteiger partial charge in [-0.1, -0.05) is 48.2 Å². The number of nitrogens with one attached hydrogen (secondary N) is 1. The Kier molecular flexibility index (Phi) is 4.72. The van der Waals surface area contributed by atoms with Gasteiger partial charge < -0.3 is 11.1 Å². The smallest absolute Gasteiger partial charge is 0.267 e. The van der Waals surface area contributed by atoms with Gasteiger partial charge in [0.05, 0.1) is 6.04 Å². The molecule has 0 saturated carbocycles. The average Bonchev–Trinajstić information content (AvgIpc) is 3.15. The molecule has 0 fully saturated rings. The van der Waals surface area contributed by atoms with Crippen LogP contribution in [0.2, 0.25) is 0 Å². The number of nitrogens with zero attached hydrogens (tertiary/aromatic N) is 2. The lowest BCUT2D eigenvalue weighted by Gasteiger charge is -2.23. The summed E-state index contributed by atoms with van der Waals surface area (Å²) in [5, 5.41) is 5.78. The molecule has 2 heterocycles. The fourth-order valence-electron chi connectivity index (χ4n) is 3.31. The molecule has 2 aromatic carbocycles.